The zero-order chi connectivity index (χ0) is 12.3. The molecule has 3 heteroatoms. The van der Waals surface area contributed by atoms with Crippen molar-refractivity contribution >= 4 is 5.69 Å². The average molecular weight is 237 g/mol. The van der Waals surface area contributed by atoms with E-state index in [0.717, 1.165) is 32.4 Å². The summed E-state index contributed by atoms with van der Waals surface area (Å²) in [4.78, 5) is 1.81. The fourth-order valence-electron chi connectivity index (χ4n) is 2.32. The van der Waals surface area contributed by atoms with E-state index in [2.05, 4.69) is 6.58 Å². The number of anilines is 1. The molecular formula is C14H17F2N. The largest absolute Gasteiger partial charge is 0.367 e. The summed E-state index contributed by atoms with van der Waals surface area (Å²) in [5.74, 6) is -0.910. The van der Waals surface area contributed by atoms with Crippen LogP contribution in [-0.2, 0) is 6.42 Å². The molecule has 1 saturated heterocycles. The minimum Gasteiger partial charge on any atom is -0.367 e. The van der Waals surface area contributed by atoms with Crippen LogP contribution in [0.15, 0.2) is 24.8 Å². The highest BCUT2D eigenvalue weighted by molar-refractivity contribution is 5.51. The van der Waals surface area contributed by atoms with Gasteiger partial charge in [-0.05, 0) is 43.4 Å². The Morgan fingerprint density at radius 3 is 2.24 bits per heavy atom. The van der Waals surface area contributed by atoms with Crippen LogP contribution in [0.25, 0.3) is 0 Å². The average Bonchev–Trinajstić information content (AvgIpc) is 2.30. The third-order valence-corrected chi connectivity index (χ3v) is 3.13. The van der Waals surface area contributed by atoms with Crippen molar-refractivity contribution in [3.8, 4) is 0 Å². The predicted molar refractivity (Wildman–Crippen MR) is 66.3 cm³/mol. The first-order valence-corrected chi connectivity index (χ1v) is 6.06. The number of hydrogen-bond acceptors (Lipinski definition) is 1. The first-order chi connectivity index (χ1) is 8.22. The molecule has 0 aliphatic carbocycles. The molecule has 0 bridgehead atoms. The molecular weight excluding hydrogens is 220 g/mol. The number of allylic oxidation sites excluding steroid dienone is 1. The lowest BCUT2D eigenvalue weighted by atomic mass is 10.1. The van der Waals surface area contributed by atoms with E-state index in [1.54, 1.807) is 6.08 Å². The molecule has 0 radical (unpaired) electrons. The smallest absolute Gasteiger partial charge is 0.149 e. The van der Waals surface area contributed by atoms with Crippen molar-refractivity contribution in [2.24, 2.45) is 0 Å². The van der Waals surface area contributed by atoms with Crippen LogP contribution in [0.1, 0.15) is 24.8 Å². The maximum absolute atomic E-state index is 13.9. The maximum Gasteiger partial charge on any atom is 0.149 e. The van der Waals surface area contributed by atoms with Crippen molar-refractivity contribution in [1.82, 2.24) is 0 Å². The van der Waals surface area contributed by atoms with Crippen molar-refractivity contribution in [3.05, 3.63) is 42.0 Å². The topological polar surface area (TPSA) is 3.24 Å². The number of halogens is 2. The molecule has 1 aromatic carbocycles. The normalized spacial score (nSPS) is 16.0. The summed E-state index contributed by atoms with van der Waals surface area (Å²) in [5, 5.41) is 0. The molecule has 1 heterocycles. The van der Waals surface area contributed by atoms with Gasteiger partial charge < -0.3 is 4.90 Å². The second-order valence-corrected chi connectivity index (χ2v) is 4.45. The van der Waals surface area contributed by atoms with Crippen LogP contribution >= 0.6 is 0 Å². The Hall–Kier alpha value is -1.38. The van der Waals surface area contributed by atoms with E-state index < -0.39 is 11.6 Å². The molecule has 2 rings (SSSR count). The summed E-state index contributed by atoms with van der Waals surface area (Å²) >= 11 is 0. The van der Waals surface area contributed by atoms with Gasteiger partial charge in [0.25, 0.3) is 0 Å². The number of benzene rings is 1. The monoisotopic (exact) mass is 237 g/mol. The van der Waals surface area contributed by atoms with Gasteiger partial charge >= 0.3 is 0 Å². The molecule has 0 N–H and O–H groups in total. The van der Waals surface area contributed by atoms with Crippen LogP contribution in [0.3, 0.4) is 0 Å². The highest BCUT2D eigenvalue weighted by atomic mass is 19.1. The number of rotatable bonds is 3. The molecule has 1 aliphatic rings. The Bertz CT molecular complexity index is 386. The van der Waals surface area contributed by atoms with Gasteiger partial charge in [0, 0.05) is 13.1 Å². The lowest BCUT2D eigenvalue weighted by Crippen LogP contribution is -2.31. The molecule has 0 aromatic heterocycles. The first kappa shape index (κ1) is 12.1. The lowest BCUT2D eigenvalue weighted by Gasteiger charge is -2.29. The molecule has 17 heavy (non-hydrogen) atoms. The Balaban J connectivity index is 2.30. The molecule has 0 unspecified atom stereocenters. The summed E-state index contributed by atoms with van der Waals surface area (Å²) in [6, 6.07) is 2.82. The van der Waals surface area contributed by atoms with E-state index in [-0.39, 0.29) is 5.69 Å². The van der Waals surface area contributed by atoms with Gasteiger partial charge in [-0.25, -0.2) is 8.78 Å². The zero-order valence-electron chi connectivity index (χ0n) is 9.88. The lowest BCUT2D eigenvalue weighted by molar-refractivity contribution is 0.529. The summed E-state index contributed by atoms with van der Waals surface area (Å²) in [5.41, 5.74) is 0.772. The van der Waals surface area contributed by atoms with E-state index in [9.17, 15) is 8.78 Å². The van der Waals surface area contributed by atoms with Gasteiger partial charge in [-0.3, -0.25) is 0 Å². The molecule has 0 spiro atoms. The maximum atomic E-state index is 13.9. The van der Waals surface area contributed by atoms with E-state index in [4.69, 9.17) is 0 Å². The van der Waals surface area contributed by atoms with Gasteiger partial charge in [0.2, 0.25) is 0 Å². The summed E-state index contributed by atoms with van der Waals surface area (Å²) < 4.78 is 27.8. The van der Waals surface area contributed by atoms with E-state index in [1.165, 1.54) is 12.1 Å². The number of piperidine rings is 1. The van der Waals surface area contributed by atoms with Crippen LogP contribution in [0, 0.1) is 11.6 Å². The molecule has 92 valence electrons. The van der Waals surface area contributed by atoms with Crippen LogP contribution < -0.4 is 4.90 Å². The fraction of sp³-hybridized carbons (Fsp3) is 0.429. The second-order valence-electron chi connectivity index (χ2n) is 4.45. The molecule has 0 saturated carbocycles. The van der Waals surface area contributed by atoms with Gasteiger partial charge in [0.05, 0.1) is 0 Å². The highest BCUT2D eigenvalue weighted by Gasteiger charge is 2.19. The molecule has 0 amide bonds. The number of hydrogen-bond donors (Lipinski definition) is 0. The van der Waals surface area contributed by atoms with Crippen LogP contribution in [0.4, 0.5) is 14.5 Å². The van der Waals surface area contributed by atoms with Crippen molar-refractivity contribution < 1.29 is 8.78 Å². The summed E-state index contributed by atoms with van der Waals surface area (Å²) in [6.45, 7) is 5.06. The summed E-state index contributed by atoms with van der Waals surface area (Å²) in [7, 11) is 0. The van der Waals surface area contributed by atoms with E-state index in [1.807, 2.05) is 4.90 Å². The van der Waals surface area contributed by atoms with Crippen molar-refractivity contribution in [2.75, 3.05) is 18.0 Å². The minimum absolute atomic E-state index is 0.137. The third kappa shape index (κ3) is 2.65. The van der Waals surface area contributed by atoms with E-state index in [0.29, 0.717) is 12.0 Å². The first-order valence-electron chi connectivity index (χ1n) is 6.06. The van der Waals surface area contributed by atoms with Gasteiger partial charge in [-0.15, -0.1) is 6.58 Å². The zero-order valence-corrected chi connectivity index (χ0v) is 9.88. The molecule has 1 aliphatic heterocycles. The Morgan fingerprint density at radius 1 is 1.12 bits per heavy atom. The molecule has 1 nitrogen and oxygen atoms in total. The Labute approximate surface area is 101 Å². The van der Waals surface area contributed by atoms with Crippen molar-refractivity contribution in [3.63, 3.8) is 0 Å². The molecule has 0 atom stereocenters. The van der Waals surface area contributed by atoms with Crippen molar-refractivity contribution in [2.45, 2.75) is 25.7 Å². The van der Waals surface area contributed by atoms with Gasteiger partial charge in [-0.2, -0.15) is 0 Å². The molecule has 1 fully saturated rings. The van der Waals surface area contributed by atoms with Gasteiger partial charge in [-0.1, -0.05) is 6.08 Å². The van der Waals surface area contributed by atoms with E-state index >= 15 is 0 Å². The Kier molecular flexibility index (Phi) is 3.77. The predicted octanol–water partition coefficient (Wildman–Crippen LogP) is 3.68. The van der Waals surface area contributed by atoms with Gasteiger partial charge in [0.15, 0.2) is 0 Å². The standard InChI is InChI=1S/C14H17F2N/c1-2-6-11-9-12(15)14(13(16)10-11)17-7-4-3-5-8-17/h2,9-10H,1,3-8H2. The highest BCUT2D eigenvalue weighted by Crippen LogP contribution is 2.27. The molecule has 1 aromatic rings. The van der Waals surface area contributed by atoms with Crippen molar-refractivity contribution in [1.29, 1.82) is 0 Å². The van der Waals surface area contributed by atoms with Crippen LogP contribution in [0.2, 0.25) is 0 Å². The van der Waals surface area contributed by atoms with Gasteiger partial charge in [0.1, 0.15) is 17.3 Å². The Morgan fingerprint density at radius 2 is 1.71 bits per heavy atom. The third-order valence-electron chi connectivity index (χ3n) is 3.13. The van der Waals surface area contributed by atoms with Crippen LogP contribution in [-0.4, -0.2) is 13.1 Å². The summed E-state index contributed by atoms with van der Waals surface area (Å²) in [6.07, 6.45) is 5.30. The quantitative estimate of drug-likeness (QED) is 0.725. The number of nitrogens with zero attached hydrogens (tertiary/aromatic N) is 1. The SMILES string of the molecule is C=CCc1cc(F)c(N2CCCCC2)c(F)c1. The van der Waals surface area contributed by atoms with Crippen LogP contribution in [0.5, 0.6) is 0 Å². The minimum atomic E-state index is -0.455. The fourth-order valence-corrected chi connectivity index (χ4v) is 2.32. The second kappa shape index (κ2) is 5.30.